The van der Waals surface area contributed by atoms with Gasteiger partial charge in [0.1, 0.15) is 0 Å². The zero-order chi connectivity index (χ0) is 15.1. The van der Waals surface area contributed by atoms with E-state index in [0.29, 0.717) is 18.2 Å². The lowest BCUT2D eigenvalue weighted by atomic mass is 9.94. The van der Waals surface area contributed by atoms with Crippen molar-refractivity contribution in [2.24, 2.45) is 5.92 Å². The van der Waals surface area contributed by atoms with Gasteiger partial charge in [0.2, 0.25) is 5.91 Å². The molecule has 2 heterocycles. The first kappa shape index (κ1) is 16.7. The van der Waals surface area contributed by atoms with Crippen LogP contribution in [0.5, 0.6) is 0 Å². The van der Waals surface area contributed by atoms with E-state index in [9.17, 15) is 9.90 Å². The summed E-state index contributed by atoms with van der Waals surface area (Å²) >= 11 is 0. The van der Waals surface area contributed by atoms with E-state index in [4.69, 9.17) is 4.74 Å². The van der Waals surface area contributed by atoms with Crippen molar-refractivity contribution in [3.63, 3.8) is 0 Å². The topological polar surface area (TPSA) is 53.0 Å². The highest BCUT2D eigenvalue weighted by atomic mass is 16.5. The third-order valence-corrected chi connectivity index (χ3v) is 4.97. The number of hydrogen-bond donors (Lipinski definition) is 1. The Labute approximate surface area is 128 Å². The average Bonchev–Trinajstić information content (AvgIpc) is 2.55. The Kier molecular flexibility index (Phi) is 6.93. The Morgan fingerprint density at radius 2 is 1.90 bits per heavy atom. The van der Waals surface area contributed by atoms with Gasteiger partial charge in [-0.2, -0.15) is 0 Å². The number of amides is 1. The van der Waals surface area contributed by atoms with Crippen LogP contribution < -0.4 is 0 Å². The smallest absolute Gasteiger partial charge is 0.222 e. The molecule has 2 aliphatic rings. The second-order valence-electron chi connectivity index (χ2n) is 6.26. The highest BCUT2D eigenvalue weighted by Crippen LogP contribution is 2.21. The second-order valence-corrected chi connectivity index (χ2v) is 6.26. The summed E-state index contributed by atoms with van der Waals surface area (Å²) in [6.07, 6.45) is 4.87. The van der Waals surface area contributed by atoms with Gasteiger partial charge in [-0.25, -0.2) is 0 Å². The molecule has 0 radical (unpaired) electrons. The molecule has 5 heteroatoms. The first-order valence-electron chi connectivity index (χ1n) is 8.45. The number of aliphatic hydroxyl groups is 1. The van der Waals surface area contributed by atoms with Gasteiger partial charge in [0.25, 0.3) is 0 Å². The van der Waals surface area contributed by atoms with Gasteiger partial charge in [-0.05, 0) is 31.6 Å². The summed E-state index contributed by atoms with van der Waals surface area (Å²) in [6.45, 7) is 7.44. The van der Waals surface area contributed by atoms with Crippen molar-refractivity contribution in [2.45, 2.75) is 45.1 Å². The van der Waals surface area contributed by atoms with E-state index in [1.807, 2.05) is 4.90 Å². The zero-order valence-electron chi connectivity index (χ0n) is 13.3. The predicted molar refractivity (Wildman–Crippen MR) is 82.1 cm³/mol. The third kappa shape index (κ3) is 4.94. The first-order valence-corrected chi connectivity index (χ1v) is 8.45. The number of rotatable bonds is 6. The number of nitrogens with zero attached hydrogens (tertiary/aromatic N) is 2. The van der Waals surface area contributed by atoms with Crippen LogP contribution in [0.1, 0.15) is 39.0 Å². The molecule has 21 heavy (non-hydrogen) atoms. The molecule has 1 atom stereocenters. The third-order valence-electron chi connectivity index (χ3n) is 4.97. The lowest BCUT2D eigenvalue weighted by molar-refractivity contribution is -0.133. The van der Waals surface area contributed by atoms with E-state index >= 15 is 0 Å². The summed E-state index contributed by atoms with van der Waals surface area (Å²) in [6, 6.07) is 0.254. The van der Waals surface area contributed by atoms with Crippen molar-refractivity contribution in [3.05, 3.63) is 0 Å². The first-order chi connectivity index (χ1) is 10.2. The van der Waals surface area contributed by atoms with Gasteiger partial charge in [0, 0.05) is 51.9 Å². The van der Waals surface area contributed by atoms with Crippen molar-refractivity contribution < 1.29 is 14.6 Å². The van der Waals surface area contributed by atoms with Gasteiger partial charge < -0.3 is 14.7 Å². The highest BCUT2D eigenvalue weighted by molar-refractivity contribution is 5.76. The van der Waals surface area contributed by atoms with E-state index in [-0.39, 0.29) is 12.6 Å². The maximum Gasteiger partial charge on any atom is 0.222 e. The molecular formula is C16H30N2O3. The minimum Gasteiger partial charge on any atom is -0.395 e. The Morgan fingerprint density at radius 1 is 1.24 bits per heavy atom. The van der Waals surface area contributed by atoms with Gasteiger partial charge in [-0.3, -0.25) is 9.69 Å². The summed E-state index contributed by atoms with van der Waals surface area (Å²) in [4.78, 5) is 16.6. The monoisotopic (exact) mass is 298 g/mol. The quantitative estimate of drug-likeness (QED) is 0.798. The van der Waals surface area contributed by atoms with Crippen molar-refractivity contribution in [2.75, 3.05) is 46.0 Å². The van der Waals surface area contributed by atoms with Crippen LogP contribution in [0.2, 0.25) is 0 Å². The van der Waals surface area contributed by atoms with E-state index in [0.717, 1.165) is 65.1 Å². The Hall–Kier alpha value is -0.650. The molecule has 2 rings (SSSR count). The molecule has 1 amide bonds. The molecule has 1 N–H and O–H groups in total. The summed E-state index contributed by atoms with van der Waals surface area (Å²) in [7, 11) is 0. The molecule has 2 fully saturated rings. The minimum atomic E-state index is 0.216. The Balaban J connectivity index is 1.67. The number of piperazine rings is 1. The molecule has 5 nitrogen and oxygen atoms in total. The normalized spacial score (nSPS) is 23.2. The Bertz CT molecular complexity index is 307. The lowest BCUT2D eigenvalue weighted by Gasteiger charge is -2.38. The van der Waals surface area contributed by atoms with Gasteiger partial charge in [-0.15, -0.1) is 0 Å². The van der Waals surface area contributed by atoms with Gasteiger partial charge >= 0.3 is 0 Å². The standard InChI is InChI=1S/C16H30N2O3/c1-2-15(13-19)17-7-9-18(10-8-17)16(20)4-3-14-5-11-21-12-6-14/h14-15,19H,2-13H2,1H3. The van der Waals surface area contributed by atoms with Crippen molar-refractivity contribution >= 4 is 5.91 Å². The summed E-state index contributed by atoms with van der Waals surface area (Å²) in [5.41, 5.74) is 0. The van der Waals surface area contributed by atoms with Crippen LogP contribution in [-0.4, -0.2) is 72.9 Å². The molecule has 0 aromatic carbocycles. The van der Waals surface area contributed by atoms with E-state index in [1.54, 1.807) is 0 Å². The van der Waals surface area contributed by atoms with Crippen molar-refractivity contribution in [1.29, 1.82) is 0 Å². The van der Waals surface area contributed by atoms with E-state index < -0.39 is 0 Å². The number of carbonyl (C=O) groups excluding carboxylic acids is 1. The van der Waals surface area contributed by atoms with E-state index in [2.05, 4.69) is 11.8 Å². The molecule has 1 unspecified atom stereocenters. The van der Waals surface area contributed by atoms with Crippen LogP contribution in [0.3, 0.4) is 0 Å². The minimum absolute atomic E-state index is 0.216. The van der Waals surface area contributed by atoms with Crippen molar-refractivity contribution in [1.82, 2.24) is 9.80 Å². The summed E-state index contributed by atoms with van der Waals surface area (Å²) in [5, 5.41) is 9.35. The molecule has 2 saturated heterocycles. The molecule has 0 aromatic rings. The molecule has 0 bridgehead atoms. The molecule has 122 valence electrons. The zero-order valence-corrected chi connectivity index (χ0v) is 13.3. The maximum atomic E-state index is 12.3. The molecule has 0 spiro atoms. The maximum absolute atomic E-state index is 12.3. The fourth-order valence-corrected chi connectivity index (χ4v) is 3.36. The largest absolute Gasteiger partial charge is 0.395 e. The fourth-order valence-electron chi connectivity index (χ4n) is 3.36. The predicted octanol–water partition coefficient (Wildman–Crippen LogP) is 1.11. The molecule has 0 saturated carbocycles. The molecule has 2 aliphatic heterocycles. The van der Waals surface area contributed by atoms with Crippen molar-refractivity contribution in [3.8, 4) is 0 Å². The SMILES string of the molecule is CCC(CO)N1CCN(C(=O)CCC2CCOCC2)CC1. The van der Waals surface area contributed by atoms with Gasteiger partial charge in [0.15, 0.2) is 0 Å². The number of carbonyl (C=O) groups is 1. The molecular weight excluding hydrogens is 268 g/mol. The van der Waals surface area contributed by atoms with Crippen LogP contribution in [-0.2, 0) is 9.53 Å². The van der Waals surface area contributed by atoms with E-state index in [1.165, 1.54) is 0 Å². The molecule has 0 aromatic heterocycles. The van der Waals surface area contributed by atoms with Crippen LogP contribution in [0.15, 0.2) is 0 Å². The highest BCUT2D eigenvalue weighted by Gasteiger charge is 2.25. The average molecular weight is 298 g/mol. The van der Waals surface area contributed by atoms with Crippen LogP contribution in [0, 0.1) is 5.92 Å². The number of ether oxygens (including phenoxy) is 1. The van der Waals surface area contributed by atoms with Crippen LogP contribution in [0.4, 0.5) is 0 Å². The number of hydrogen-bond acceptors (Lipinski definition) is 4. The van der Waals surface area contributed by atoms with Gasteiger partial charge in [0.05, 0.1) is 6.61 Å². The number of aliphatic hydroxyl groups excluding tert-OH is 1. The summed E-state index contributed by atoms with van der Waals surface area (Å²) < 4.78 is 5.36. The van der Waals surface area contributed by atoms with Crippen LogP contribution >= 0.6 is 0 Å². The Morgan fingerprint density at radius 3 is 2.48 bits per heavy atom. The van der Waals surface area contributed by atoms with Crippen LogP contribution in [0.25, 0.3) is 0 Å². The molecule has 0 aliphatic carbocycles. The summed E-state index contributed by atoms with van der Waals surface area (Å²) in [5.74, 6) is 0.973. The fraction of sp³-hybridized carbons (Fsp3) is 0.938. The lowest BCUT2D eigenvalue weighted by Crippen LogP contribution is -2.52. The van der Waals surface area contributed by atoms with Gasteiger partial charge in [-0.1, -0.05) is 6.92 Å². The second kappa shape index (κ2) is 8.71.